The molecule has 3 N–H and O–H groups in total. The van der Waals surface area contributed by atoms with Crippen LogP contribution in [0.15, 0.2) is 59.1 Å². The van der Waals surface area contributed by atoms with Crippen LogP contribution in [0.3, 0.4) is 0 Å². The van der Waals surface area contributed by atoms with E-state index in [1.807, 2.05) is 18.2 Å². The second-order valence-corrected chi connectivity index (χ2v) is 10.7. The highest BCUT2D eigenvalue weighted by Crippen LogP contribution is 2.41. The number of aryl methyl sites for hydroxylation is 3. The van der Waals surface area contributed by atoms with Crippen molar-refractivity contribution in [3.8, 4) is 0 Å². The minimum absolute atomic E-state index is 0.0143. The zero-order chi connectivity index (χ0) is 26.0. The Hall–Kier alpha value is -2.96. The topological polar surface area (TPSA) is 75.4 Å². The number of nitrogens with zero attached hydrogens (tertiary/aromatic N) is 1. The number of rotatable bonds is 6. The number of hydrogen-bond acceptors (Lipinski definition) is 3. The molecule has 3 aromatic carbocycles. The number of carbonyl (C=O) groups excluding carboxylic acids is 2. The summed E-state index contributed by atoms with van der Waals surface area (Å²) >= 11 is 3.71. The molecule has 5 nitrogen and oxygen atoms in total. The molecule has 4 rings (SSSR count). The second-order valence-electron chi connectivity index (χ2n) is 9.89. The van der Waals surface area contributed by atoms with Crippen LogP contribution in [0.1, 0.15) is 58.3 Å². The fraction of sp³-hybridized carbons (Fsp3) is 0.333. The van der Waals surface area contributed by atoms with Crippen molar-refractivity contribution in [1.82, 2.24) is 5.32 Å². The van der Waals surface area contributed by atoms with Gasteiger partial charge < -0.3 is 16.0 Å². The summed E-state index contributed by atoms with van der Waals surface area (Å²) in [6, 6.07) is 17.8. The molecule has 0 radical (unpaired) electrons. The number of halogens is 1. The van der Waals surface area contributed by atoms with Crippen molar-refractivity contribution in [2.24, 2.45) is 5.73 Å². The Morgan fingerprint density at radius 2 is 1.72 bits per heavy atom. The van der Waals surface area contributed by atoms with E-state index in [-0.39, 0.29) is 17.9 Å². The fourth-order valence-corrected chi connectivity index (χ4v) is 6.01. The van der Waals surface area contributed by atoms with Crippen LogP contribution in [0.2, 0.25) is 0 Å². The van der Waals surface area contributed by atoms with Crippen LogP contribution in [-0.2, 0) is 22.4 Å². The summed E-state index contributed by atoms with van der Waals surface area (Å²) in [5, 5.41) is 3.20. The van der Waals surface area contributed by atoms with Gasteiger partial charge in [0, 0.05) is 17.9 Å². The zero-order valence-corrected chi connectivity index (χ0v) is 23.0. The summed E-state index contributed by atoms with van der Waals surface area (Å²) in [7, 11) is 0. The first kappa shape index (κ1) is 26.1. The third-order valence-electron chi connectivity index (χ3n) is 6.99. The summed E-state index contributed by atoms with van der Waals surface area (Å²) in [6.45, 7) is 8.33. The SMILES string of the molecule is CC(=O)N1CC[C@@H](NC(=O)[C@@H](N)Cc2c(C)cc(C)cc2C)c2cc(Cc3ccccc3)cc(Br)c21. The number of amides is 2. The molecule has 0 saturated carbocycles. The highest BCUT2D eigenvalue weighted by Gasteiger charge is 2.31. The highest BCUT2D eigenvalue weighted by atomic mass is 79.9. The van der Waals surface area contributed by atoms with Crippen LogP contribution in [0, 0.1) is 20.8 Å². The van der Waals surface area contributed by atoms with Gasteiger partial charge in [0.15, 0.2) is 0 Å². The minimum Gasteiger partial charge on any atom is -0.348 e. The molecule has 0 unspecified atom stereocenters. The number of fused-ring (bicyclic) bond motifs is 1. The average molecular weight is 549 g/mol. The Morgan fingerprint density at radius 3 is 2.36 bits per heavy atom. The summed E-state index contributed by atoms with van der Waals surface area (Å²) < 4.78 is 0.857. The lowest BCUT2D eigenvalue weighted by molar-refractivity contribution is -0.123. The first-order valence-corrected chi connectivity index (χ1v) is 13.2. The maximum absolute atomic E-state index is 13.3. The van der Waals surface area contributed by atoms with Gasteiger partial charge in [0.05, 0.1) is 17.8 Å². The first-order valence-electron chi connectivity index (χ1n) is 12.4. The lowest BCUT2D eigenvalue weighted by Gasteiger charge is -2.36. The molecule has 1 aliphatic heterocycles. The van der Waals surface area contributed by atoms with Gasteiger partial charge in [0.25, 0.3) is 0 Å². The Labute approximate surface area is 222 Å². The van der Waals surface area contributed by atoms with Crippen molar-refractivity contribution in [1.29, 1.82) is 0 Å². The molecule has 6 heteroatoms. The van der Waals surface area contributed by atoms with Crippen molar-refractivity contribution in [3.63, 3.8) is 0 Å². The van der Waals surface area contributed by atoms with E-state index in [0.29, 0.717) is 19.4 Å². The minimum atomic E-state index is -0.657. The molecule has 0 bridgehead atoms. The van der Waals surface area contributed by atoms with E-state index in [4.69, 9.17) is 5.73 Å². The van der Waals surface area contributed by atoms with Crippen molar-refractivity contribution in [2.75, 3.05) is 11.4 Å². The van der Waals surface area contributed by atoms with E-state index in [0.717, 1.165) is 44.4 Å². The molecule has 36 heavy (non-hydrogen) atoms. The fourth-order valence-electron chi connectivity index (χ4n) is 5.28. The van der Waals surface area contributed by atoms with Crippen molar-refractivity contribution in [3.05, 3.63) is 98.0 Å². The lowest BCUT2D eigenvalue weighted by atomic mass is 9.91. The first-order chi connectivity index (χ1) is 17.1. The number of anilines is 1. The number of nitrogens with one attached hydrogen (secondary N) is 1. The second kappa shape index (κ2) is 11.0. The Morgan fingerprint density at radius 1 is 1.06 bits per heavy atom. The van der Waals surface area contributed by atoms with Gasteiger partial charge in [-0.05, 0) is 95.4 Å². The summed E-state index contributed by atoms with van der Waals surface area (Å²) in [6.07, 6.45) is 1.88. The Bertz CT molecular complexity index is 1270. The number of hydrogen-bond donors (Lipinski definition) is 2. The Kier molecular flexibility index (Phi) is 7.96. The summed E-state index contributed by atoms with van der Waals surface area (Å²) in [5.41, 5.74) is 15.2. The molecule has 0 spiro atoms. The smallest absolute Gasteiger partial charge is 0.237 e. The monoisotopic (exact) mass is 547 g/mol. The quantitative estimate of drug-likeness (QED) is 0.430. The van der Waals surface area contributed by atoms with Gasteiger partial charge in [-0.1, -0.05) is 54.1 Å². The molecule has 2 atom stereocenters. The van der Waals surface area contributed by atoms with Crippen LogP contribution in [0.5, 0.6) is 0 Å². The van der Waals surface area contributed by atoms with E-state index < -0.39 is 6.04 Å². The molecular formula is C30H34BrN3O2. The predicted molar refractivity (Wildman–Crippen MR) is 149 cm³/mol. The maximum atomic E-state index is 13.3. The van der Waals surface area contributed by atoms with Gasteiger partial charge in [-0.25, -0.2) is 0 Å². The molecule has 0 aromatic heterocycles. The Balaban J connectivity index is 1.60. The van der Waals surface area contributed by atoms with Crippen LogP contribution in [0.4, 0.5) is 5.69 Å². The largest absolute Gasteiger partial charge is 0.348 e. The predicted octanol–water partition coefficient (Wildman–Crippen LogP) is 5.45. The lowest BCUT2D eigenvalue weighted by Crippen LogP contribution is -2.46. The van der Waals surface area contributed by atoms with Gasteiger partial charge in [-0.2, -0.15) is 0 Å². The number of benzene rings is 3. The van der Waals surface area contributed by atoms with E-state index in [1.165, 1.54) is 11.1 Å². The number of carbonyl (C=O) groups is 2. The molecule has 0 aliphatic carbocycles. The van der Waals surface area contributed by atoms with E-state index >= 15 is 0 Å². The molecule has 2 amide bonds. The molecule has 3 aromatic rings. The van der Waals surface area contributed by atoms with Gasteiger partial charge in [0.2, 0.25) is 11.8 Å². The van der Waals surface area contributed by atoms with Crippen LogP contribution in [0.25, 0.3) is 0 Å². The zero-order valence-electron chi connectivity index (χ0n) is 21.4. The normalized spacial score (nSPS) is 15.8. The van der Waals surface area contributed by atoms with Gasteiger partial charge in [-0.3, -0.25) is 9.59 Å². The maximum Gasteiger partial charge on any atom is 0.237 e. The van der Waals surface area contributed by atoms with Crippen molar-refractivity contribution in [2.45, 2.75) is 59.0 Å². The number of nitrogens with two attached hydrogens (primary N) is 1. The molecule has 188 valence electrons. The van der Waals surface area contributed by atoms with Crippen molar-refractivity contribution < 1.29 is 9.59 Å². The van der Waals surface area contributed by atoms with Crippen LogP contribution in [-0.4, -0.2) is 24.4 Å². The van der Waals surface area contributed by atoms with E-state index in [1.54, 1.807) is 11.8 Å². The molecule has 0 saturated heterocycles. The van der Waals surface area contributed by atoms with Crippen molar-refractivity contribution >= 4 is 33.4 Å². The van der Waals surface area contributed by atoms with Gasteiger partial charge in [0.1, 0.15) is 0 Å². The average Bonchev–Trinajstić information content (AvgIpc) is 2.82. The van der Waals surface area contributed by atoms with E-state index in [9.17, 15) is 9.59 Å². The standard InChI is InChI=1S/C30H34BrN3O2/c1-18-12-19(2)24(20(3)13-18)17-27(32)30(36)33-28-10-11-34(21(4)35)29-25(28)15-23(16-26(29)31)14-22-8-6-5-7-9-22/h5-9,12-13,15-16,27-28H,10-11,14,17,32H2,1-4H3,(H,33,36)/t27-,28+/m0/s1. The van der Waals surface area contributed by atoms with Crippen LogP contribution < -0.4 is 16.0 Å². The highest BCUT2D eigenvalue weighted by molar-refractivity contribution is 9.10. The summed E-state index contributed by atoms with van der Waals surface area (Å²) in [5.74, 6) is -0.189. The molecule has 1 aliphatic rings. The van der Waals surface area contributed by atoms with E-state index in [2.05, 4.69) is 78.4 Å². The third kappa shape index (κ3) is 5.71. The van der Waals surface area contributed by atoms with Gasteiger partial charge in [-0.15, -0.1) is 0 Å². The molecule has 1 heterocycles. The summed E-state index contributed by atoms with van der Waals surface area (Å²) in [4.78, 5) is 27.5. The van der Waals surface area contributed by atoms with Gasteiger partial charge >= 0.3 is 0 Å². The molecule has 0 fully saturated rings. The van der Waals surface area contributed by atoms with Crippen LogP contribution >= 0.6 is 15.9 Å². The molecular weight excluding hydrogens is 514 g/mol. The third-order valence-corrected chi connectivity index (χ3v) is 7.59.